The maximum Gasteiger partial charge on any atom is 0.230 e. The molecule has 0 saturated heterocycles. The smallest absolute Gasteiger partial charge is 0.230 e. The Bertz CT molecular complexity index is 644. The summed E-state index contributed by atoms with van der Waals surface area (Å²) in [7, 11) is 0. The Morgan fingerprint density at radius 2 is 2.25 bits per heavy atom. The van der Waals surface area contributed by atoms with Gasteiger partial charge in [-0.15, -0.1) is 0 Å². The maximum absolute atomic E-state index is 11.2. The largest absolute Gasteiger partial charge is 0.339 e. The monoisotopic (exact) mass is 271 g/mol. The van der Waals surface area contributed by atoms with Crippen LogP contribution in [-0.2, 0) is 11.2 Å². The van der Waals surface area contributed by atoms with Crippen molar-refractivity contribution in [3.05, 3.63) is 29.7 Å². The van der Waals surface area contributed by atoms with Gasteiger partial charge in [0.05, 0.1) is 0 Å². The van der Waals surface area contributed by atoms with E-state index in [9.17, 15) is 4.79 Å². The fraction of sp³-hybridized carbons (Fsp3) is 0.400. The molecule has 1 saturated carbocycles. The number of aromatic nitrogens is 2. The molecule has 0 spiro atoms. The molecular weight excluding hydrogens is 254 g/mol. The molecule has 0 aliphatic heterocycles. The van der Waals surface area contributed by atoms with Crippen molar-refractivity contribution in [3.8, 4) is 11.4 Å². The molecule has 1 aliphatic carbocycles. The van der Waals surface area contributed by atoms with Gasteiger partial charge >= 0.3 is 0 Å². The van der Waals surface area contributed by atoms with Crippen molar-refractivity contribution in [2.45, 2.75) is 39.0 Å². The molecule has 1 aromatic heterocycles. The fourth-order valence-electron chi connectivity index (χ4n) is 2.19. The minimum absolute atomic E-state index is 0.0666. The highest BCUT2D eigenvalue weighted by atomic mass is 16.5. The Kier molecular flexibility index (Phi) is 3.26. The molecule has 5 nitrogen and oxygen atoms in total. The highest BCUT2D eigenvalue weighted by Crippen LogP contribution is 2.39. The summed E-state index contributed by atoms with van der Waals surface area (Å²) in [5.74, 6) is 1.75. The second kappa shape index (κ2) is 5.07. The van der Waals surface area contributed by atoms with Crippen LogP contribution in [0.15, 0.2) is 22.7 Å². The first-order valence-corrected chi connectivity index (χ1v) is 6.92. The summed E-state index contributed by atoms with van der Waals surface area (Å²) < 4.78 is 5.28. The van der Waals surface area contributed by atoms with Gasteiger partial charge in [-0.1, -0.05) is 12.1 Å². The van der Waals surface area contributed by atoms with Crippen molar-refractivity contribution in [2.75, 3.05) is 5.32 Å². The van der Waals surface area contributed by atoms with Crippen LogP contribution in [0.25, 0.3) is 11.4 Å². The molecule has 1 fully saturated rings. The predicted octanol–water partition coefficient (Wildman–Crippen LogP) is 3.13. The summed E-state index contributed by atoms with van der Waals surface area (Å²) in [5, 5.41) is 6.87. The van der Waals surface area contributed by atoms with Crippen LogP contribution >= 0.6 is 0 Å². The molecule has 5 heteroatoms. The van der Waals surface area contributed by atoms with E-state index in [0.717, 1.165) is 42.0 Å². The predicted molar refractivity (Wildman–Crippen MR) is 75.4 cm³/mol. The number of hydrogen-bond acceptors (Lipinski definition) is 4. The fourth-order valence-corrected chi connectivity index (χ4v) is 2.19. The number of carbonyl (C=O) groups is 1. The van der Waals surface area contributed by atoms with E-state index in [1.54, 1.807) is 0 Å². The van der Waals surface area contributed by atoms with E-state index in [2.05, 4.69) is 22.4 Å². The van der Waals surface area contributed by atoms with Gasteiger partial charge < -0.3 is 9.84 Å². The van der Waals surface area contributed by atoms with Crippen LogP contribution in [0.1, 0.15) is 44.1 Å². The molecule has 0 radical (unpaired) electrons. The summed E-state index contributed by atoms with van der Waals surface area (Å²) in [5.41, 5.74) is 2.83. The van der Waals surface area contributed by atoms with Crippen LogP contribution in [0.5, 0.6) is 0 Å². The third kappa shape index (κ3) is 2.57. The Morgan fingerprint density at radius 1 is 1.45 bits per heavy atom. The normalized spacial score (nSPS) is 14.3. The zero-order valence-corrected chi connectivity index (χ0v) is 11.6. The van der Waals surface area contributed by atoms with Gasteiger partial charge in [-0.25, -0.2) is 0 Å². The second-order valence-corrected chi connectivity index (χ2v) is 5.14. The average Bonchev–Trinajstić information content (AvgIpc) is 3.17. The quantitative estimate of drug-likeness (QED) is 0.927. The van der Waals surface area contributed by atoms with Crippen LogP contribution in [0.4, 0.5) is 5.69 Å². The van der Waals surface area contributed by atoms with Crippen LogP contribution in [0.2, 0.25) is 0 Å². The molecule has 0 unspecified atom stereocenters. The number of carbonyl (C=O) groups excluding carboxylic acids is 1. The average molecular weight is 271 g/mol. The number of amides is 1. The van der Waals surface area contributed by atoms with Crippen LogP contribution < -0.4 is 5.32 Å². The Hall–Kier alpha value is -2.17. The van der Waals surface area contributed by atoms with Gasteiger partial charge in [0, 0.05) is 24.1 Å². The Morgan fingerprint density at radius 3 is 2.90 bits per heavy atom. The number of nitrogens with one attached hydrogen (secondary N) is 1. The van der Waals surface area contributed by atoms with E-state index in [0.29, 0.717) is 11.7 Å². The molecule has 20 heavy (non-hydrogen) atoms. The lowest BCUT2D eigenvalue weighted by Gasteiger charge is -2.09. The summed E-state index contributed by atoms with van der Waals surface area (Å²) in [6.45, 7) is 3.56. The molecule has 1 N–H and O–H groups in total. The van der Waals surface area contributed by atoms with Crippen molar-refractivity contribution < 1.29 is 9.32 Å². The molecule has 1 aliphatic rings. The summed E-state index contributed by atoms with van der Waals surface area (Å²) in [6.07, 6.45) is 3.11. The van der Waals surface area contributed by atoms with E-state index in [-0.39, 0.29) is 5.91 Å². The Balaban J connectivity index is 1.90. The van der Waals surface area contributed by atoms with Gasteiger partial charge in [0.25, 0.3) is 0 Å². The molecule has 3 rings (SSSR count). The van der Waals surface area contributed by atoms with Crippen molar-refractivity contribution in [1.82, 2.24) is 10.1 Å². The first-order valence-electron chi connectivity index (χ1n) is 6.92. The maximum atomic E-state index is 11.2. The number of benzene rings is 1. The summed E-state index contributed by atoms with van der Waals surface area (Å²) in [4.78, 5) is 15.6. The zero-order valence-electron chi connectivity index (χ0n) is 11.6. The zero-order chi connectivity index (χ0) is 14.1. The molecule has 1 aromatic carbocycles. The van der Waals surface area contributed by atoms with Gasteiger partial charge in [0.15, 0.2) is 0 Å². The first kappa shape index (κ1) is 12.8. The summed E-state index contributed by atoms with van der Waals surface area (Å²) in [6, 6.07) is 5.81. The first-order chi connectivity index (χ1) is 9.67. The van der Waals surface area contributed by atoms with Gasteiger partial charge in [-0.05, 0) is 43.0 Å². The number of anilines is 1. The third-order valence-electron chi connectivity index (χ3n) is 3.42. The van der Waals surface area contributed by atoms with Crippen molar-refractivity contribution in [3.63, 3.8) is 0 Å². The third-order valence-corrected chi connectivity index (χ3v) is 3.42. The van der Waals surface area contributed by atoms with Gasteiger partial charge in [-0.2, -0.15) is 4.98 Å². The van der Waals surface area contributed by atoms with Crippen molar-refractivity contribution >= 4 is 11.6 Å². The molecular formula is C15H17N3O2. The lowest BCUT2D eigenvalue weighted by Crippen LogP contribution is -2.08. The van der Waals surface area contributed by atoms with Crippen molar-refractivity contribution in [2.24, 2.45) is 0 Å². The van der Waals surface area contributed by atoms with Crippen molar-refractivity contribution in [1.29, 1.82) is 0 Å². The highest BCUT2D eigenvalue weighted by Gasteiger charge is 2.29. The van der Waals surface area contributed by atoms with Gasteiger partial charge in [0.1, 0.15) is 0 Å². The Labute approximate surface area is 117 Å². The molecule has 104 valence electrons. The summed E-state index contributed by atoms with van der Waals surface area (Å²) >= 11 is 0. The molecule has 1 heterocycles. The van der Waals surface area contributed by atoms with Crippen LogP contribution in [0.3, 0.4) is 0 Å². The molecule has 0 atom stereocenters. The number of nitrogens with zero attached hydrogens (tertiary/aromatic N) is 2. The number of rotatable bonds is 4. The molecule has 0 bridgehead atoms. The molecule has 2 aromatic rings. The minimum Gasteiger partial charge on any atom is -0.339 e. The lowest BCUT2D eigenvalue weighted by atomic mass is 10.1. The van der Waals surface area contributed by atoms with E-state index < -0.39 is 0 Å². The standard InChI is InChI=1S/C15H17N3O2/c1-3-10-8-12(6-7-13(10)16-9(2)19)14-17-15(20-18-14)11-4-5-11/h6-8,11H,3-5H2,1-2H3,(H,16,19). The van der Waals surface area contributed by atoms with Crippen LogP contribution in [-0.4, -0.2) is 16.0 Å². The topological polar surface area (TPSA) is 68.0 Å². The van der Waals surface area contributed by atoms with Gasteiger partial charge in [-0.3, -0.25) is 4.79 Å². The highest BCUT2D eigenvalue weighted by molar-refractivity contribution is 5.90. The number of hydrogen-bond donors (Lipinski definition) is 1. The van der Waals surface area contributed by atoms with E-state index in [4.69, 9.17) is 4.52 Å². The lowest BCUT2D eigenvalue weighted by molar-refractivity contribution is -0.114. The SMILES string of the molecule is CCc1cc(-c2noc(C3CC3)n2)ccc1NC(C)=O. The molecule has 1 amide bonds. The van der Waals surface area contributed by atoms with E-state index in [1.807, 2.05) is 18.2 Å². The van der Waals surface area contributed by atoms with Gasteiger partial charge in [0.2, 0.25) is 17.6 Å². The van der Waals surface area contributed by atoms with E-state index in [1.165, 1.54) is 6.92 Å². The van der Waals surface area contributed by atoms with Crippen LogP contribution in [0, 0.1) is 0 Å². The number of aryl methyl sites for hydroxylation is 1. The minimum atomic E-state index is -0.0666. The second-order valence-electron chi connectivity index (χ2n) is 5.14. The van der Waals surface area contributed by atoms with E-state index >= 15 is 0 Å².